The first-order chi connectivity index (χ1) is 8.88. The molecule has 0 amide bonds. The fourth-order valence-electron chi connectivity index (χ4n) is 1.62. The van der Waals surface area contributed by atoms with E-state index < -0.39 is 0 Å². The standard InChI is InChI=1S/C14H18O2S2/c1-15-13-4-2-12(3-5-13)10-16-7-6-14-11-17-8-9-18-14/h2-5,11H,6-10H2,1H3. The molecule has 1 aliphatic rings. The van der Waals surface area contributed by atoms with Gasteiger partial charge in [-0.25, -0.2) is 0 Å². The Morgan fingerprint density at radius 2 is 2.00 bits per heavy atom. The Morgan fingerprint density at radius 1 is 1.17 bits per heavy atom. The van der Waals surface area contributed by atoms with Crippen molar-refractivity contribution in [1.82, 2.24) is 0 Å². The van der Waals surface area contributed by atoms with Crippen LogP contribution in [0.1, 0.15) is 12.0 Å². The lowest BCUT2D eigenvalue weighted by Gasteiger charge is -2.11. The van der Waals surface area contributed by atoms with Gasteiger partial charge in [0, 0.05) is 17.9 Å². The van der Waals surface area contributed by atoms with Crippen molar-refractivity contribution in [3.63, 3.8) is 0 Å². The lowest BCUT2D eigenvalue weighted by Crippen LogP contribution is -1.98. The Bertz CT molecular complexity index is 387. The highest BCUT2D eigenvalue weighted by Crippen LogP contribution is 2.28. The maximum absolute atomic E-state index is 5.69. The second kappa shape index (κ2) is 7.77. The molecule has 0 bridgehead atoms. The minimum Gasteiger partial charge on any atom is -0.497 e. The fraction of sp³-hybridized carbons (Fsp3) is 0.429. The molecule has 0 aromatic heterocycles. The van der Waals surface area contributed by atoms with Crippen molar-refractivity contribution >= 4 is 23.5 Å². The number of hydrogen-bond donors (Lipinski definition) is 0. The highest BCUT2D eigenvalue weighted by Gasteiger charge is 2.04. The van der Waals surface area contributed by atoms with Crippen molar-refractivity contribution in [2.24, 2.45) is 0 Å². The topological polar surface area (TPSA) is 18.5 Å². The number of hydrogen-bond acceptors (Lipinski definition) is 4. The SMILES string of the molecule is COc1ccc(COCCC2=CSCCS2)cc1. The Morgan fingerprint density at radius 3 is 2.67 bits per heavy atom. The number of thioether (sulfide) groups is 2. The van der Waals surface area contributed by atoms with Gasteiger partial charge in [0.2, 0.25) is 0 Å². The Hall–Kier alpha value is -0.580. The van der Waals surface area contributed by atoms with Gasteiger partial charge in [0.05, 0.1) is 20.3 Å². The monoisotopic (exact) mass is 282 g/mol. The van der Waals surface area contributed by atoms with Gasteiger partial charge >= 0.3 is 0 Å². The third-order valence-electron chi connectivity index (χ3n) is 2.62. The van der Waals surface area contributed by atoms with Crippen molar-refractivity contribution < 1.29 is 9.47 Å². The van der Waals surface area contributed by atoms with Crippen LogP contribution in [0.25, 0.3) is 0 Å². The molecule has 2 rings (SSSR count). The van der Waals surface area contributed by atoms with Gasteiger partial charge in [-0.15, -0.1) is 23.5 Å². The van der Waals surface area contributed by atoms with Crippen LogP contribution in [0.4, 0.5) is 0 Å². The zero-order valence-corrected chi connectivity index (χ0v) is 12.2. The van der Waals surface area contributed by atoms with Gasteiger partial charge in [-0.2, -0.15) is 0 Å². The summed E-state index contributed by atoms with van der Waals surface area (Å²) in [4.78, 5) is 1.46. The minimum atomic E-state index is 0.676. The van der Waals surface area contributed by atoms with Crippen molar-refractivity contribution in [3.05, 3.63) is 40.1 Å². The largest absolute Gasteiger partial charge is 0.497 e. The molecule has 0 N–H and O–H groups in total. The molecule has 4 heteroatoms. The molecule has 0 spiro atoms. The molecule has 18 heavy (non-hydrogen) atoms. The zero-order chi connectivity index (χ0) is 12.6. The van der Waals surface area contributed by atoms with Crippen LogP contribution in [0.15, 0.2) is 34.6 Å². The van der Waals surface area contributed by atoms with Crippen molar-refractivity contribution in [3.8, 4) is 5.75 Å². The fourth-order valence-corrected chi connectivity index (χ4v) is 3.73. The minimum absolute atomic E-state index is 0.676. The van der Waals surface area contributed by atoms with E-state index in [-0.39, 0.29) is 0 Å². The number of rotatable bonds is 6. The molecule has 1 aliphatic heterocycles. The smallest absolute Gasteiger partial charge is 0.118 e. The van der Waals surface area contributed by atoms with E-state index in [1.807, 2.05) is 47.8 Å². The first-order valence-corrected chi connectivity index (χ1v) is 8.06. The third kappa shape index (κ3) is 4.59. The Labute approximate surface area is 117 Å². The Kier molecular flexibility index (Phi) is 5.97. The molecule has 0 aliphatic carbocycles. The van der Waals surface area contributed by atoms with E-state index in [9.17, 15) is 0 Å². The summed E-state index contributed by atoms with van der Waals surface area (Å²) in [6.07, 6.45) is 1.04. The van der Waals surface area contributed by atoms with Gasteiger partial charge in [0.25, 0.3) is 0 Å². The lowest BCUT2D eigenvalue weighted by molar-refractivity contribution is 0.125. The van der Waals surface area contributed by atoms with Crippen LogP contribution in [-0.2, 0) is 11.3 Å². The molecule has 0 saturated heterocycles. The predicted octanol–water partition coefficient (Wildman–Crippen LogP) is 3.92. The van der Waals surface area contributed by atoms with Crippen LogP contribution < -0.4 is 4.74 Å². The van der Waals surface area contributed by atoms with Crippen LogP contribution in [0.3, 0.4) is 0 Å². The molecule has 2 nitrogen and oxygen atoms in total. The van der Waals surface area contributed by atoms with E-state index in [2.05, 4.69) is 5.41 Å². The normalized spacial score (nSPS) is 15.3. The van der Waals surface area contributed by atoms with E-state index >= 15 is 0 Å². The molecule has 0 unspecified atom stereocenters. The van der Waals surface area contributed by atoms with E-state index in [4.69, 9.17) is 9.47 Å². The maximum Gasteiger partial charge on any atom is 0.118 e. The van der Waals surface area contributed by atoms with Crippen LogP contribution in [0.2, 0.25) is 0 Å². The quantitative estimate of drug-likeness (QED) is 0.736. The summed E-state index contributed by atoms with van der Waals surface area (Å²) < 4.78 is 10.8. The number of methoxy groups -OCH3 is 1. The van der Waals surface area contributed by atoms with Gasteiger partial charge < -0.3 is 9.47 Å². The van der Waals surface area contributed by atoms with Crippen LogP contribution in [0.5, 0.6) is 5.75 Å². The second-order valence-corrected chi connectivity index (χ2v) is 6.15. The molecule has 0 atom stereocenters. The molecular formula is C14H18O2S2. The van der Waals surface area contributed by atoms with E-state index in [1.54, 1.807) is 7.11 Å². The average Bonchev–Trinajstić information content (AvgIpc) is 2.45. The molecule has 1 heterocycles. The van der Waals surface area contributed by atoms with Gasteiger partial charge in [0.15, 0.2) is 0 Å². The summed E-state index contributed by atoms with van der Waals surface area (Å²) in [5, 5.41) is 2.27. The molecule has 0 saturated carbocycles. The van der Waals surface area contributed by atoms with Gasteiger partial charge in [-0.3, -0.25) is 0 Å². The highest BCUT2D eigenvalue weighted by molar-refractivity contribution is 8.09. The molecule has 98 valence electrons. The Balaban J connectivity index is 1.66. The van der Waals surface area contributed by atoms with Gasteiger partial charge in [-0.1, -0.05) is 12.1 Å². The first kappa shape index (κ1) is 13.8. The molecule has 1 aromatic rings. The summed E-state index contributed by atoms with van der Waals surface area (Å²) in [6.45, 7) is 1.47. The zero-order valence-electron chi connectivity index (χ0n) is 10.6. The van der Waals surface area contributed by atoms with Crippen molar-refractivity contribution in [2.45, 2.75) is 13.0 Å². The number of benzene rings is 1. The highest BCUT2D eigenvalue weighted by atomic mass is 32.2. The van der Waals surface area contributed by atoms with Crippen LogP contribution in [0, 0.1) is 0 Å². The molecular weight excluding hydrogens is 264 g/mol. The predicted molar refractivity (Wildman–Crippen MR) is 80.3 cm³/mol. The van der Waals surface area contributed by atoms with E-state index in [1.165, 1.54) is 22.0 Å². The van der Waals surface area contributed by atoms with E-state index in [0.29, 0.717) is 6.61 Å². The second-order valence-electron chi connectivity index (χ2n) is 3.95. The van der Waals surface area contributed by atoms with Crippen LogP contribution in [-0.4, -0.2) is 25.2 Å². The maximum atomic E-state index is 5.69. The van der Waals surface area contributed by atoms with Crippen molar-refractivity contribution in [1.29, 1.82) is 0 Å². The summed E-state index contributed by atoms with van der Waals surface area (Å²) in [7, 11) is 1.68. The van der Waals surface area contributed by atoms with E-state index in [0.717, 1.165) is 18.8 Å². The van der Waals surface area contributed by atoms with Crippen molar-refractivity contribution in [2.75, 3.05) is 25.2 Å². The molecule has 0 radical (unpaired) electrons. The summed E-state index contributed by atoms with van der Waals surface area (Å²) in [6, 6.07) is 8.02. The number of ether oxygens (including phenoxy) is 2. The summed E-state index contributed by atoms with van der Waals surface area (Å²) in [5.41, 5.74) is 1.19. The van der Waals surface area contributed by atoms with Gasteiger partial charge in [-0.05, 0) is 28.0 Å². The molecule has 1 aromatic carbocycles. The third-order valence-corrected chi connectivity index (χ3v) is 5.02. The van der Waals surface area contributed by atoms with Crippen LogP contribution >= 0.6 is 23.5 Å². The summed E-state index contributed by atoms with van der Waals surface area (Å²) in [5.74, 6) is 3.36. The first-order valence-electron chi connectivity index (χ1n) is 6.02. The summed E-state index contributed by atoms with van der Waals surface area (Å²) >= 11 is 3.87. The lowest BCUT2D eigenvalue weighted by atomic mass is 10.2. The van der Waals surface area contributed by atoms with Gasteiger partial charge in [0.1, 0.15) is 5.75 Å². The average molecular weight is 282 g/mol. The molecule has 0 fully saturated rings.